The van der Waals surface area contributed by atoms with Crippen molar-refractivity contribution < 1.29 is 9.47 Å². The van der Waals surface area contributed by atoms with Gasteiger partial charge < -0.3 is 20.1 Å². The van der Waals surface area contributed by atoms with E-state index in [2.05, 4.69) is 38.5 Å². The first-order valence-corrected chi connectivity index (χ1v) is 8.85. The van der Waals surface area contributed by atoms with Gasteiger partial charge in [-0.3, -0.25) is 4.99 Å². The van der Waals surface area contributed by atoms with Crippen LogP contribution in [0, 0.1) is 0 Å². The van der Waals surface area contributed by atoms with Crippen LogP contribution in [0.15, 0.2) is 27.7 Å². The number of nitrogens with one attached hydrogen (secondary N) is 2. The van der Waals surface area contributed by atoms with E-state index in [0.717, 1.165) is 54.3 Å². The highest BCUT2D eigenvalue weighted by Gasteiger charge is 2.02. The Hall–Kier alpha value is -0.540. The van der Waals surface area contributed by atoms with E-state index < -0.39 is 0 Å². The molecule has 0 unspecified atom stereocenters. The van der Waals surface area contributed by atoms with E-state index in [9.17, 15) is 0 Å². The lowest BCUT2D eigenvalue weighted by molar-refractivity contribution is 0.129. The molecule has 0 atom stereocenters. The maximum absolute atomic E-state index is 5.54. The molecule has 0 saturated heterocycles. The fourth-order valence-electron chi connectivity index (χ4n) is 1.96. The third kappa shape index (κ3) is 9.68. The highest BCUT2D eigenvalue weighted by atomic mass is 127. The molecule has 24 heavy (non-hydrogen) atoms. The Bertz CT molecular complexity index is 487. The van der Waals surface area contributed by atoms with Crippen molar-refractivity contribution in [3.8, 4) is 5.75 Å². The number of unbranched alkanes of at least 4 members (excludes halogenated alkanes) is 1. The molecule has 2 N–H and O–H groups in total. The van der Waals surface area contributed by atoms with E-state index >= 15 is 0 Å². The number of aliphatic imine (C=N–C) groups is 1. The van der Waals surface area contributed by atoms with Gasteiger partial charge in [0.2, 0.25) is 0 Å². The molecule has 0 aliphatic rings. The molecule has 0 aromatic heterocycles. The van der Waals surface area contributed by atoms with Crippen molar-refractivity contribution in [2.75, 3.05) is 33.9 Å². The second-order valence-electron chi connectivity index (χ2n) is 5.14. The van der Waals surface area contributed by atoms with Crippen LogP contribution in [0.2, 0.25) is 0 Å². The summed E-state index contributed by atoms with van der Waals surface area (Å²) < 4.78 is 11.7. The summed E-state index contributed by atoms with van der Waals surface area (Å²) in [6.07, 6.45) is 3.28. The number of hydrogen-bond acceptors (Lipinski definition) is 3. The van der Waals surface area contributed by atoms with Gasteiger partial charge in [0.15, 0.2) is 5.96 Å². The van der Waals surface area contributed by atoms with Crippen LogP contribution in [-0.2, 0) is 11.3 Å². The Kier molecular flexibility index (Phi) is 14.4. The molecule has 0 radical (unpaired) electrons. The number of benzene rings is 1. The second-order valence-corrected chi connectivity index (χ2v) is 6.00. The smallest absolute Gasteiger partial charge is 0.191 e. The summed E-state index contributed by atoms with van der Waals surface area (Å²) in [5.41, 5.74) is 1.16. The van der Waals surface area contributed by atoms with Gasteiger partial charge >= 0.3 is 0 Å². The largest absolute Gasteiger partial charge is 0.496 e. The Labute approximate surface area is 171 Å². The van der Waals surface area contributed by atoms with Crippen molar-refractivity contribution in [1.29, 1.82) is 0 Å². The minimum absolute atomic E-state index is 0. The number of nitrogens with zero attached hydrogens (tertiary/aromatic N) is 1. The first-order chi connectivity index (χ1) is 11.2. The van der Waals surface area contributed by atoms with E-state index in [-0.39, 0.29) is 24.0 Å². The monoisotopic (exact) mass is 513 g/mol. The van der Waals surface area contributed by atoms with Gasteiger partial charge in [-0.25, -0.2) is 0 Å². The Morgan fingerprint density at radius 3 is 2.58 bits per heavy atom. The number of guanidine groups is 1. The van der Waals surface area contributed by atoms with E-state index in [1.165, 1.54) is 6.42 Å². The van der Waals surface area contributed by atoms with Crippen molar-refractivity contribution in [2.45, 2.75) is 32.7 Å². The minimum atomic E-state index is 0. The molecule has 138 valence electrons. The number of hydrogen-bond donors (Lipinski definition) is 2. The van der Waals surface area contributed by atoms with Crippen molar-refractivity contribution in [3.63, 3.8) is 0 Å². The first-order valence-electron chi connectivity index (χ1n) is 8.06. The van der Waals surface area contributed by atoms with Crippen LogP contribution in [0.5, 0.6) is 5.75 Å². The van der Waals surface area contributed by atoms with Gasteiger partial charge in [-0.15, -0.1) is 24.0 Å². The summed E-state index contributed by atoms with van der Waals surface area (Å²) in [5, 5.41) is 6.59. The summed E-state index contributed by atoms with van der Waals surface area (Å²) in [7, 11) is 3.44. The lowest BCUT2D eigenvalue weighted by Gasteiger charge is -2.13. The average molecular weight is 514 g/mol. The van der Waals surface area contributed by atoms with Gasteiger partial charge in [0.1, 0.15) is 5.75 Å². The van der Waals surface area contributed by atoms with Gasteiger partial charge in [0, 0.05) is 33.4 Å². The predicted molar refractivity (Wildman–Crippen MR) is 115 cm³/mol. The molecule has 5 nitrogen and oxygen atoms in total. The zero-order valence-corrected chi connectivity index (χ0v) is 18.6. The fraction of sp³-hybridized carbons (Fsp3) is 0.588. The highest BCUT2D eigenvalue weighted by Crippen LogP contribution is 2.25. The standard InChI is InChI=1S/C17H28BrN3O2.HI/c1-4-5-10-23-11-6-9-20-17(19-2)21-13-14-7-8-16(22-3)15(18)12-14;/h7-8,12H,4-6,9-11,13H2,1-3H3,(H2,19,20,21);1H. The third-order valence-electron chi connectivity index (χ3n) is 3.30. The highest BCUT2D eigenvalue weighted by molar-refractivity contribution is 14.0. The molecule has 0 aliphatic heterocycles. The molecule has 0 spiro atoms. The van der Waals surface area contributed by atoms with E-state index in [0.29, 0.717) is 6.54 Å². The molecule has 0 saturated carbocycles. The average Bonchev–Trinajstić information content (AvgIpc) is 2.57. The van der Waals surface area contributed by atoms with Gasteiger partial charge in [-0.05, 0) is 46.5 Å². The van der Waals surface area contributed by atoms with Crippen LogP contribution in [0.4, 0.5) is 0 Å². The van der Waals surface area contributed by atoms with Crippen LogP contribution >= 0.6 is 39.9 Å². The summed E-state index contributed by atoms with van der Waals surface area (Å²) in [6.45, 7) is 5.36. The first kappa shape index (κ1) is 23.5. The zero-order valence-electron chi connectivity index (χ0n) is 14.7. The molecular formula is C17H29BrIN3O2. The topological polar surface area (TPSA) is 54.9 Å². The number of ether oxygens (including phenoxy) is 2. The van der Waals surface area contributed by atoms with Gasteiger partial charge in [-0.2, -0.15) is 0 Å². The maximum Gasteiger partial charge on any atom is 0.191 e. The SMILES string of the molecule is CCCCOCCCNC(=NC)NCc1ccc(OC)c(Br)c1.I. The van der Waals surface area contributed by atoms with E-state index in [4.69, 9.17) is 9.47 Å². The molecule has 7 heteroatoms. The lowest BCUT2D eigenvalue weighted by Crippen LogP contribution is -2.37. The molecule has 1 rings (SSSR count). The second kappa shape index (κ2) is 14.8. The molecule has 0 heterocycles. The number of methoxy groups -OCH3 is 1. The summed E-state index contributed by atoms with van der Waals surface area (Å²) in [6, 6.07) is 6.02. The molecule has 0 aliphatic carbocycles. The summed E-state index contributed by atoms with van der Waals surface area (Å²) in [5.74, 6) is 1.63. The third-order valence-corrected chi connectivity index (χ3v) is 3.92. The normalized spacial score (nSPS) is 10.9. The Morgan fingerprint density at radius 2 is 1.96 bits per heavy atom. The van der Waals surface area contributed by atoms with Gasteiger partial charge in [0.25, 0.3) is 0 Å². The molecule has 0 amide bonds. The van der Waals surface area contributed by atoms with Crippen molar-refractivity contribution in [2.24, 2.45) is 4.99 Å². The molecular weight excluding hydrogens is 485 g/mol. The lowest BCUT2D eigenvalue weighted by atomic mass is 10.2. The Morgan fingerprint density at radius 1 is 1.21 bits per heavy atom. The molecule has 0 fully saturated rings. The maximum atomic E-state index is 5.54. The van der Waals surface area contributed by atoms with Crippen LogP contribution in [-0.4, -0.2) is 39.9 Å². The number of rotatable bonds is 10. The van der Waals surface area contributed by atoms with E-state index in [1.807, 2.05) is 18.2 Å². The van der Waals surface area contributed by atoms with Crippen LogP contribution in [0.1, 0.15) is 31.7 Å². The summed E-state index contributed by atoms with van der Waals surface area (Å²) >= 11 is 3.50. The fourth-order valence-corrected chi connectivity index (χ4v) is 2.54. The van der Waals surface area contributed by atoms with Gasteiger partial charge in [-0.1, -0.05) is 19.4 Å². The van der Waals surface area contributed by atoms with Crippen LogP contribution in [0.3, 0.4) is 0 Å². The predicted octanol–water partition coefficient (Wildman–Crippen LogP) is 3.95. The van der Waals surface area contributed by atoms with Crippen LogP contribution < -0.4 is 15.4 Å². The zero-order chi connectivity index (χ0) is 16.9. The number of halogens is 2. The van der Waals surface area contributed by atoms with Crippen molar-refractivity contribution in [1.82, 2.24) is 10.6 Å². The van der Waals surface area contributed by atoms with Crippen molar-refractivity contribution >= 4 is 45.9 Å². The molecule has 0 bridgehead atoms. The summed E-state index contributed by atoms with van der Waals surface area (Å²) in [4.78, 5) is 4.22. The molecule has 1 aromatic carbocycles. The van der Waals surface area contributed by atoms with Gasteiger partial charge in [0.05, 0.1) is 11.6 Å². The molecule has 1 aromatic rings. The minimum Gasteiger partial charge on any atom is -0.496 e. The quantitative estimate of drug-likeness (QED) is 0.215. The van der Waals surface area contributed by atoms with E-state index in [1.54, 1.807) is 14.2 Å². The van der Waals surface area contributed by atoms with Crippen LogP contribution in [0.25, 0.3) is 0 Å². The van der Waals surface area contributed by atoms with Crippen molar-refractivity contribution in [3.05, 3.63) is 28.2 Å². The Balaban J connectivity index is 0.00000529.